The number of halogens is 1. The molecule has 34 heavy (non-hydrogen) atoms. The van der Waals surface area contributed by atoms with Crippen LogP contribution in [0, 0.1) is 23.2 Å². The number of piperidine rings is 1. The van der Waals surface area contributed by atoms with E-state index in [1.807, 2.05) is 19.9 Å². The lowest BCUT2D eigenvalue weighted by Gasteiger charge is -2.21. The molecule has 2 aromatic carbocycles. The maximum absolute atomic E-state index is 12.9. The number of nitriles is 1. The molecule has 1 aromatic heterocycles. The molecule has 1 atom stereocenters. The van der Waals surface area contributed by atoms with Crippen molar-refractivity contribution in [3.8, 4) is 17.2 Å². The Morgan fingerprint density at radius 3 is 2.85 bits per heavy atom. The number of carbonyl (C=O) groups excluding carboxylic acids is 2. The Kier molecular flexibility index (Phi) is 7.15. The molecule has 1 amide bonds. The Balaban J connectivity index is 1.76. The molecule has 4 rings (SSSR count). The third-order valence-electron chi connectivity index (χ3n) is 5.71. The van der Waals surface area contributed by atoms with Crippen molar-refractivity contribution in [2.45, 2.75) is 26.7 Å². The summed E-state index contributed by atoms with van der Waals surface area (Å²) in [7, 11) is 0. The van der Waals surface area contributed by atoms with Crippen LogP contribution in [0.25, 0.3) is 22.0 Å². The highest BCUT2D eigenvalue weighted by atomic mass is 35.5. The van der Waals surface area contributed by atoms with Crippen molar-refractivity contribution in [2.24, 2.45) is 11.8 Å². The van der Waals surface area contributed by atoms with Crippen LogP contribution < -0.4 is 10.6 Å². The zero-order valence-electron chi connectivity index (χ0n) is 19.1. The van der Waals surface area contributed by atoms with E-state index in [1.54, 1.807) is 30.3 Å². The second-order valence-electron chi connectivity index (χ2n) is 8.80. The minimum atomic E-state index is -0.615. The highest BCUT2D eigenvalue weighted by Gasteiger charge is 2.24. The molecule has 0 unspecified atom stereocenters. The molecule has 1 saturated heterocycles. The number of ether oxygens (including phenoxy) is 1. The van der Waals surface area contributed by atoms with E-state index in [-0.39, 0.29) is 30.2 Å². The normalized spacial score (nSPS) is 15.8. The molecule has 2 heterocycles. The highest BCUT2D eigenvalue weighted by Crippen LogP contribution is 2.34. The van der Waals surface area contributed by atoms with E-state index in [4.69, 9.17) is 16.3 Å². The lowest BCUT2D eigenvalue weighted by Crippen LogP contribution is -2.37. The van der Waals surface area contributed by atoms with Crippen LogP contribution in [0.2, 0.25) is 5.02 Å². The quantitative estimate of drug-likeness (QED) is 0.543. The van der Waals surface area contributed by atoms with E-state index < -0.39 is 6.09 Å². The SMILES string of the molecule is CC(C)COC(=O)n1nc(NC(=O)[C@@H]2CCCNC2)c2cc(-c3cc(C#N)ccc3Cl)ccc21. The van der Waals surface area contributed by atoms with E-state index >= 15 is 0 Å². The van der Waals surface area contributed by atoms with Crippen molar-refractivity contribution in [3.63, 3.8) is 0 Å². The molecule has 0 aliphatic carbocycles. The van der Waals surface area contributed by atoms with Gasteiger partial charge in [-0.3, -0.25) is 4.79 Å². The van der Waals surface area contributed by atoms with Gasteiger partial charge in [-0.15, -0.1) is 5.10 Å². The number of benzene rings is 2. The fourth-order valence-corrected chi connectivity index (χ4v) is 4.15. The highest BCUT2D eigenvalue weighted by molar-refractivity contribution is 6.33. The summed E-state index contributed by atoms with van der Waals surface area (Å²) in [6, 6.07) is 12.5. The molecule has 176 valence electrons. The largest absolute Gasteiger partial charge is 0.448 e. The van der Waals surface area contributed by atoms with E-state index in [2.05, 4.69) is 21.8 Å². The summed E-state index contributed by atoms with van der Waals surface area (Å²) < 4.78 is 6.55. The van der Waals surface area contributed by atoms with Crippen LogP contribution in [0.5, 0.6) is 0 Å². The average Bonchev–Trinajstić information content (AvgIpc) is 3.21. The van der Waals surface area contributed by atoms with Crippen LogP contribution in [0.15, 0.2) is 36.4 Å². The number of rotatable bonds is 5. The number of nitrogens with one attached hydrogen (secondary N) is 2. The van der Waals surface area contributed by atoms with Gasteiger partial charge in [-0.25, -0.2) is 4.79 Å². The maximum Gasteiger partial charge on any atom is 0.435 e. The molecule has 3 aromatic rings. The van der Waals surface area contributed by atoms with Crippen LogP contribution in [-0.2, 0) is 9.53 Å². The van der Waals surface area contributed by atoms with E-state index in [0.29, 0.717) is 33.6 Å². The van der Waals surface area contributed by atoms with Crippen molar-refractivity contribution in [2.75, 3.05) is 25.0 Å². The van der Waals surface area contributed by atoms with Crippen LogP contribution in [0.4, 0.5) is 10.6 Å². The van der Waals surface area contributed by atoms with Crippen molar-refractivity contribution in [1.82, 2.24) is 15.1 Å². The number of fused-ring (bicyclic) bond motifs is 1. The van der Waals surface area contributed by atoms with Crippen molar-refractivity contribution in [1.29, 1.82) is 5.26 Å². The predicted octanol–water partition coefficient (Wildman–Crippen LogP) is 4.81. The number of nitrogens with zero attached hydrogens (tertiary/aromatic N) is 3. The second-order valence-corrected chi connectivity index (χ2v) is 9.21. The average molecular weight is 480 g/mol. The van der Waals surface area contributed by atoms with Crippen LogP contribution in [0.1, 0.15) is 32.3 Å². The molecule has 2 N–H and O–H groups in total. The summed E-state index contributed by atoms with van der Waals surface area (Å²) >= 11 is 6.41. The molecular weight excluding hydrogens is 454 g/mol. The zero-order chi connectivity index (χ0) is 24.2. The molecule has 0 radical (unpaired) electrons. The zero-order valence-corrected chi connectivity index (χ0v) is 19.9. The van der Waals surface area contributed by atoms with Gasteiger partial charge in [-0.05, 0) is 61.2 Å². The van der Waals surface area contributed by atoms with Crippen LogP contribution in [-0.4, -0.2) is 41.5 Å². The Hall–Kier alpha value is -3.41. The first-order valence-corrected chi connectivity index (χ1v) is 11.7. The van der Waals surface area contributed by atoms with Gasteiger partial charge >= 0.3 is 6.09 Å². The van der Waals surface area contributed by atoms with Gasteiger partial charge in [0, 0.05) is 22.5 Å². The Bertz CT molecular complexity index is 1270. The Morgan fingerprint density at radius 1 is 1.32 bits per heavy atom. The lowest BCUT2D eigenvalue weighted by atomic mass is 9.98. The maximum atomic E-state index is 12.9. The van der Waals surface area contributed by atoms with Gasteiger partial charge in [-0.2, -0.15) is 9.94 Å². The number of anilines is 1. The smallest absolute Gasteiger partial charge is 0.435 e. The summed E-state index contributed by atoms with van der Waals surface area (Å²) in [6.07, 6.45) is 1.10. The van der Waals surface area contributed by atoms with Crippen molar-refractivity contribution in [3.05, 3.63) is 47.0 Å². The number of hydrogen-bond donors (Lipinski definition) is 2. The summed E-state index contributed by atoms with van der Waals surface area (Å²) in [5, 5.41) is 20.9. The minimum Gasteiger partial charge on any atom is -0.448 e. The summed E-state index contributed by atoms with van der Waals surface area (Å²) in [4.78, 5) is 25.7. The van der Waals surface area contributed by atoms with Crippen molar-refractivity contribution < 1.29 is 14.3 Å². The number of amides is 1. The standard InChI is InChI=1S/C25H26ClN5O3/c1-15(2)14-34-25(33)31-22-8-6-17(19-10-16(12-27)5-7-21(19)26)11-20(22)23(30-31)29-24(32)18-4-3-9-28-13-18/h5-8,10-11,15,18,28H,3-4,9,13-14H2,1-2H3,(H,29,30,32)/t18-/m1/s1. The Morgan fingerprint density at radius 2 is 2.15 bits per heavy atom. The summed E-state index contributed by atoms with van der Waals surface area (Å²) in [6.45, 7) is 5.65. The topological polar surface area (TPSA) is 109 Å². The van der Waals surface area contributed by atoms with Gasteiger partial charge in [0.25, 0.3) is 0 Å². The molecule has 0 spiro atoms. The summed E-state index contributed by atoms with van der Waals surface area (Å²) in [5.41, 5.74) is 2.39. The fourth-order valence-electron chi connectivity index (χ4n) is 3.93. The van der Waals surface area contributed by atoms with Gasteiger partial charge in [0.2, 0.25) is 5.91 Å². The molecular formula is C25H26ClN5O3. The summed E-state index contributed by atoms with van der Waals surface area (Å²) in [5.74, 6) is 0.127. The third kappa shape index (κ3) is 5.06. The number of hydrogen-bond acceptors (Lipinski definition) is 6. The monoisotopic (exact) mass is 479 g/mol. The second kappa shape index (κ2) is 10.2. The van der Waals surface area contributed by atoms with Gasteiger partial charge in [0.15, 0.2) is 5.82 Å². The first kappa shape index (κ1) is 23.7. The van der Waals surface area contributed by atoms with Gasteiger partial charge in [0.05, 0.1) is 29.7 Å². The third-order valence-corrected chi connectivity index (χ3v) is 6.04. The first-order valence-electron chi connectivity index (χ1n) is 11.3. The number of carbonyl (C=O) groups is 2. The Labute approximate surface area is 202 Å². The first-order chi connectivity index (χ1) is 16.4. The number of aromatic nitrogens is 2. The predicted molar refractivity (Wildman–Crippen MR) is 131 cm³/mol. The molecule has 0 saturated carbocycles. The lowest BCUT2D eigenvalue weighted by molar-refractivity contribution is -0.120. The molecule has 1 aliphatic heterocycles. The van der Waals surface area contributed by atoms with Gasteiger partial charge in [-0.1, -0.05) is 31.5 Å². The van der Waals surface area contributed by atoms with Gasteiger partial charge < -0.3 is 15.4 Å². The van der Waals surface area contributed by atoms with Crippen LogP contribution >= 0.6 is 11.6 Å². The molecule has 8 nitrogen and oxygen atoms in total. The molecule has 0 bridgehead atoms. The van der Waals surface area contributed by atoms with E-state index in [0.717, 1.165) is 24.9 Å². The van der Waals surface area contributed by atoms with Crippen molar-refractivity contribution >= 4 is 40.3 Å². The molecule has 1 aliphatic rings. The minimum absolute atomic E-state index is 0.149. The van der Waals surface area contributed by atoms with Crippen LogP contribution in [0.3, 0.4) is 0 Å². The fraction of sp³-hybridized carbons (Fsp3) is 0.360. The van der Waals surface area contributed by atoms with E-state index in [9.17, 15) is 14.9 Å². The molecule has 1 fully saturated rings. The molecule has 9 heteroatoms. The van der Waals surface area contributed by atoms with Gasteiger partial charge in [0.1, 0.15) is 0 Å². The van der Waals surface area contributed by atoms with E-state index in [1.165, 1.54) is 4.68 Å².